The van der Waals surface area contributed by atoms with E-state index in [-0.39, 0.29) is 11.6 Å². The van der Waals surface area contributed by atoms with Gasteiger partial charge >= 0.3 is 5.97 Å². The molecular formula is C12H18O2. The monoisotopic (exact) mass is 194 g/mol. The van der Waals surface area contributed by atoms with Crippen molar-refractivity contribution in [2.45, 2.75) is 45.1 Å². The summed E-state index contributed by atoms with van der Waals surface area (Å²) in [5.74, 6) is 3.11. The van der Waals surface area contributed by atoms with Crippen molar-refractivity contribution in [2.24, 2.45) is 23.7 Å². The molecule has 2 heteroatoms. The fourth-order valence-electron chi connectivity index (χ4n) is 4.16. The highest BCUT2D eigenvalue weighted by Crippen LogP contribution is 2.61. The lowest BCUT2D eigenvalue weighted by molar-refractivity contribution is -0.155. The molecule has 78 valence electrons. The van der Waals surface area contributed by atoms with Gasteiger partial charge in [0.2, 0.25) is 0 Å². The Morgan fingerprint density at radius 3 is 2.64 bits per heavy atom. The fourth-order valence-corrected chi connectivity index (χ4v) is 4.16. The van der Waals surface area contributed by atoms with Crippen molar-refractivity contribution in [3.8, 4) is 0 Å². The van der Waals surface area contributed by atoms with Crippen molar-refractivity contribution in [3.63, 3.8) is 0 Å². The van der Waals surface area contributed by atoms with Crippen molar-refractivity contribution in [1.82, 2.24) is 0 Å². The van der Waals surface area contributed by atoms with Gasteiger partial charge < -0.3 is 4.74 Å². The number of hydrogen-bond donors (Lipinski definition) is 0. The first-order valence-corrected chi connectivity index (χ1v) is 5.84. The zero-order valence-electron chi connectivity index (χ0n) is 8.95. The summed E-state index contributed by atoms with van der Waals surface area (Å²) >= 11 is 0. The standard InChI is InChI=1S/C12H18O2/c1-7-8(2)10-5-9(7)6-12(10)4-3-11(13)14-12/h7-10H,3-6H2,1-2H3. The van der Waals surface area contributed by atoms with Gasteiger partial charge in [0.15, 0.2) is 0 Å². The summed E-state index contributed by atoms with van der Waals surface area (Å²) in [5, 5.41) is 0. The number of carbonyl (C=O) groups is 1. The Kier molecular flexibility index (Phi) is 1.58. The second-order valence-electron chi connectivity index (χ2n) is 5.56. The van der Waals surface area contributed by atoms with Gasteiger partial charge in [-0.25, -0.2) is 0 Å². The Bertz CT molecular complexity index is 284. The third kappa shape index (κ3) is 0.896. The van der Waals surface area contributed by atoms with E-state index in [0.717, 1.165) is 30.6 Å². The van der Waals surface area contributed by atoms with Gasteiger partial charge in [-0.1, -0.05) is 13.8 Å². The molecule has 3 aliphatic rings. The van der Waals surface area contributed by atoms with E-state index in [2.05, 4.69) is 13.8 Å². The molecule has 5 atom stereocenters. The van der Waals surface area contributed by atoms with Crippen molar-refractivity contribution in [2.75, 3.05) is 0 Å². The molecule has 3 rings (SSSR count). The SMILES string of the molecule is CC1C2CC(C1C)C1(CCC(=O)O1)C2. The van der Waals surface area contributed by atoms with Gasteiger partial charge in [0.1, 0.15) is 5.60 Å². The molecule has 1 heterocycles. The van der Waals surface area contributed by atoms with Gasteiger partial charge in [0.25, 0.3) is 0 Å². The third-order valence-electron chi connectivity index (χ3n) is 5.12. The maximum absolute atomic E-state index is 11.2. The van der Waals surface area contributed by atoms with Crippen molar-refractivity contribution < 1.29 is 9.53 Å². The number of fused-ring (bicyclic) bond motifs is 3. The number of ether oxygens (including phenoxy) is 1. The third-order valence-corrected chi connectivity index (χ3v) is 5.12. The second-order valence-corrected chi connectivity index (χ2v) is 5.56. The summed E-state index contributed by atoms with van der Waals surface area (Å²) in [5.41, 5.74) is -0.0202. The van der Waals surface area contributed by atoms with Gasteiger partial charge in [-0.3, -0.25) is 4.79 Å². The van der Waals surface area contributed by atoms with Crippen LogP contribution in [0.25, 0.3) is 0 Å². The van der Waals surface area contributed by atoms with E-state index in [1.165, 1.54) is 6.42 Å². The lowest BCUT2D eigenvalue weighted by Crippen LogP contribution is -2.41. The van der Waals surface area contributed by atoms with E-state index in [1.54, 1.807) is 0 Å². The van der Waals surface area contributed by atoms with Gasteiger partial charge in [-0.2, -0.15) is 0 Å². The summed E-state index contributed by atoms with van der Waals surface area (Å²) in [7, 11) is 0. The lowest BCUT2D eigenvalue weighted by Gasteiger charge is -2.38. The van der Waals surface area contributed by atoms with Crippen LogP contribution in [-0.4, -0.2) is 11.6 Å². The zero-order valence-corrected chi connectivity index (χ0v) is 8.95. The van der Waals surface area contributed by atoms with E-state index in [0.29, 0.717) is 12.3 Å². The predicted octanol–water partition coefficient (Wildman–Crippen LogP) is 2.37. The van der Waals surface area contributed by atoms with Gasteiger partial charge in [0, 0.05) is 12.3 Å². The maximum atomic E-state index is 11.2. The van der Waals surface area contributed by atoms with Crippen molar-refractivity contribution in [1.29, 1.82) is 0 Å². The molecule has 0 N–H and O–H groups in total. The van der Waals surface area contributed by atoms with Crippen LogP contribution in [0.3, 0.4) is 0 Å². The number of rotatable bonds is 0. The smallest absolute Gasteiger partial charge is 0.306 e. The summed E-state index contributed by atoms with van der Waals surface area (Å²) in [6.07, 6.45) is 4.10. The minimum Gasteiger partial charge on any atom is -0.459 e. The van der Waals surface area contributed by atoms with Crippen molar-refractivity contribution >= 4 is 5.97 Å². The van der Waals surface area contributed by atoms with Crippen LogP contribution >= 0.6 is 0 Å². The van der Waals surface area contributed by atoms with E-state index < -0.39 is 0 Å². The van der Waals surface area contributed by atoms with Crippen LogP contribution in [-0.2, 0) is 9.53 Å². The zero-order chi connectivity index (χ0) is 9.92. The van der Waals surface area contributed by atoms with E-state index in [1.807, 2.05) is 0 Å². The van der Waals surface area contributed by atoms with E-state index in [4.69, 9.17) is 4.74 Å². The molecule has 14 heavy (non-hydrogen) atoms. The molecule has 2 nitrogen and oxygen atoms in total. The first-order chi connectivity index (χ1) is 6.62. The summed E-state index contributed by atoms with van der Waals surface area (Å²) in [6.45, 7) is 4.70. The van der Waals surface area contributed by atoms with E-state index in [9.17, 15) is 4.79 Å². The molecule has 5 unspecified atom stereocenters. The highest BCUT2D eigenvalue weighted by molar-refractivity contribution is 5.72. The molecule has 3 fully saturated rings. The van der Waals surface area contributed by atoms with Crippen LogP contribution < -0.4 is 0 Å². The average Bonchev–Trinajstić information content (AvgIpc) is 2.75. The Labute approximate surface area is 85.0 Å². The maximum Gasteiger partial charge on any atom is 0.306 e. The molecule has 0 aromatic heterocycles. The molecule has 0 aromatic rings. The highest BCUT2D eigenvalue weighted by Gasteiger charge is 2.61. The molecule has 2 aliphatic carbocycles. The predicted molar refractivity (Wildman–Crippen MR) is 52.6 cm³/mol. The highest BCUT2D eigenvalue weighted by atomic mass is 16.6. The van der Waals surface area contributed by atoms with Crippen LogP contribution in [0.4, 0.5) is 0 Å². The molecule has 2 saturated carbocycles. The molecular weight excluding hydrogens is 176 g/mol. The first-order valence-electron chi connectivity index (χ1n) is 5.84. The van der Waals surface area contributed by atoms with Gasteiger partial charge in [0.05, 0.1) is 0 Å². The quantitative estimate of drug-likeness (QED) is 0.553. The minimum atomic E-state index is -0.0202. The Balaban J connectivity index is 1.89. The Morgan fingerprint density at radius 1 is 1.36 bits per heavy atom. The molecule has 0 aromatic carbocycles. The Hall–Kier alpha value is -0.530. The molecule has 1 aliphatic heterocycles. The van der Waals surface area contributed by atoms with Crippen LogP contribution in [0, 0.1) is 23.7 Å². The summed E-state index contributed by atoms with van der Waals surface area (Å²) < 4.78 is 5.62. The topological polar surface area (TPSA) is 26.3 Å². The Morgan fingerprint density at radius 2 is 2.14 bits per heavy atom. The largest absolute Gasteiger partial charge is 0.459 e. The van der Waals surface area contributed by atoms with Crippen LogP contribution in [0.15, 0.2) is 0 Å². The second kappa shape index (κ2) is 2.53. The molecule has 1 saturated heterocycles. The number of carbonyl (C=O) groups excluding carboxylic acids is 1. The van der Waals surface area contributed by atoms with Gasteiger partial charge in [-0.05, 0) is 37.0 Å². The summed E-state index contributed by atoms with van der Waals surface area (Å²) in [4.78, 5) is 11.2. The number of esters is 1. The fraction of sp³-hybridized carbons (Fsp3) is 0.917. The van der Waals surface area contributed by atoms with E-state index >= 15 is 0 Å². The summed E-state index contributed by atoms with van der Waals surface area (Å²) in [6, 6.07) is 0. The lowest BCUT2D eigenvalue weighted by atomic mass is 9.72. The van der Waals surface area contributed by atoms with Gasteiger partial charge in [-0.15, -0.1) is 0 Å². The molecule has 2 bridgehead atoms. The minimum absolute atomic E-state index is 0.0202. The van der Waals surface area contributed by atoms with Crippen molar-refractivity contribution in [3.05, 3.63) is 0 Å². The van der Waals surface area contributed by atoms with Crippen LogP contribution in [0.2, 0.25) is 0 Å². The molecule has 1 spiro atoms. The molecule has 0 amide bonds. The number of hydrogen-bond acceptors (Lipinski definition) is 2. The molecule has 0 radical (unpaired) electrons. The van der Waals surface area contributed by atoms with Crippen LogP contribution in [0.5, 0.6) is 0 Å². The average molecular weight is 194 g/mol. The first kappa shape index (κ1) is 8.75. The van der Waals surface area contributed by atoms with Crippen LogP contribution in [0.1, 0.15) is 39.5 Å². The normalized spacial score (nSPS) is 55.7.